The number of pyridine rings is 1. The van der Waals surface area contributed by atoms with Crippen molar-refractivity contribution in [3.63, 3.8) is 0 Å². The Bertz CT molecular complexity index is 675. The molecule has 2 aromatic rings. The van der Waals surface area contributed by atoms with Crippen molar-refractivity contribution in [1.82, 2.24) is 14.3 Å². The Hall–Kier alpha value is -1.60. The number of halogens is 3. The van der Waals surface area contributed by atoms with Gasteiger partial charge in [-0.1, -0.05) is 6.07 Å². The first-order valence-corrected chi connectivity index (χ1v) is 7.74. The molecule has 0 saturated carbocycles. The molecule has 1 saturated heterocycles. The van der Waals surface area contributed by atoms with Crippen LogP contribution in [0.1, 0.15) is 24.1 Å². The highest BCUT2D eigenvalue weighted by Gasteiger charge is 2.44. The van der Waals surface area contributed by atoms with E-state index in [1.807, 2.05) is 35.9 Å². The normalized spacial score (nSPS) is 19.3. The first kappa shape index (κ1) is 16.3. The molecule has 3 heterocycles. The number of likely N-dealkylation sites (tertiary alicyclic amines) is 1. The average Bonchev–Trinajstić information content (AvgIpc) is 2.87. The minimum atomic E-state index is -4.52. The average molecular weight is 327 g/mol. The Kier molecular flexibility index (Phi) is 4.33. The molecule has 0 amide bonds. The fourth-order valence-corrected chi connectivity index (χ4v) is 3.15. The molecule has 2 aromatic heterocycles. The van der Waals surface area contributed by atoms with E-state index < -0.39 is 18.2 Å². The van der Waals surface area contributed by atoms with Gasteiger partial charge in [-0.15, -0.1) is 0 Å². The molecule has 0 aliphatic carbocycles. The first-order valence-electron chi connectivity index (χ1n) is 7.74. The maximum atomic E-state index is 12.6. The number of aryl methyl sites for hydroxylation is 1. The van der Waals surface area contributed by atoms with Crippen LogP contribution in [-0.2, 0) is 6.54 Å². The monoisotopic (exact) mass is 327 g/mol. The topological polar surface area (TPSA) is 40.8 Å². The molecule has 23 heavy (non-hydrogen) atoms. The molecule has 1 N–H and O–H groups in total. The highest BCUT2D eigenvalue weighted by Crippen LogP contribution is 2.31. The van der Waals surface area contributed by atoms with Crippen LogP contribution in [0.15, 0.2) is 24.5 Å². The molecule has 1 aliphatic rings. The fourth-order valence-electron chi connectivity index (χ4n) is 3.15. The van der Waals surface area contributed by atoms with Crippen molar-refractivity contribution in [1.29, 1.82) is 0 Å². The van der Waals surface area contributed by atoms with Crippen molar-refractivity contribution in [2.45, 2.75) is 38.6 Å². The third-order valence-electron chi connectivity index (χ3n) is 4.45. The van der Waals surface area contributed by atoms with Gasteiger partial charge in [0.1, 0.15) is 5.65 Å². The molecule has 1 atom stereocenters. The lowest BCUT2D eigenvalue weighted by atomic mass is 9.91. The summed E-state index contributed by atoms with van der Waals surface area (Å²) in [4.78, 5) is 6.62. The third kappa shape index (κ3) is 3.67. The highest BCUT2D eigenvalue weighted by molar-refractivity contribution is 5.41. The number of rotatable bonds is 3. The molecule has 0 aromatic carbocycles. The van der Waals surface area contributed by atoms with E-state index in [1.54, 1.807) is 0 Å². The summed E-state index contributed by atoms with van der Waals surface area (Å²) in [6.45, 7) is 3.72. The molecule has 7 heteroatoms. The summed E-state index contributed by atoms with van der Waals surface area (Å²) in [6, 6.07) is 3.95. The van der Waals surface area contributed by atoms with E-state index in [2.05, 4.69) is 9.88 Å². The summed E-state index contributed by atoms with van der Waals surface area (Å²) in [5, 5.41) is 9.35. The van der Waals surface area contributed by atoms with E-state index in [4.69, 9.17) is 0 Å². The maximum Gasteiger partial charge on any atom is 0.414 e. The number of imidazole rings is 1. The van der Waals surface area contributed by atoms with Gasteiger partial charge in [0.05, 0.1) is 5.69 Å². The summed E-state index contributed by atoms with van der Waals surface area (Å²) < 4.78 is 39.6. The second-order valence-corrected chi connectivity index (χ2v) is 6.30. The number of aliphatic hydroxyl groups excluding tert-OH is 1. The Morgan fingerprint density at radius 2 is 1.96 bits per heavy atom. The van der Waals surface area contributed by atoms with E-state index in [9.17, 15) is 18.3 Å². The van der Waals surface area contributed by atoms with Gasteiger partial charge in [0.2, 0.25) is 0 Å². The zero-order chi connectivity index (χ0) is 16.6. The van der Waals surface area contributed by atoms with Gasteiger partial charge < -0.3 is 9.51 Å². The van der Waals surface area contributed by atoms with Gasteiger partial charge in [0.15, 0.2) is 6.10 Å². The van der Waals surface area contributed by atoms with Gasteiger partial charge in [-0.2, -0.15) is 13.2 Å². The van der Waals surface area contributed by atoms with Gasteiger partial charge in [0, 0.05) is 18.9 Å². The summed E-state index contributed by atoms with van der Waals surface area (Å²) in [7, 11) is 0. The summed E-state index contributed by atoms with van der Waals surface area (Å²) in [6.07, 6.45) is -2.06. The number of fused-ring (bicyclic) bond motifs is 1. The van der Waals surface area contributed by atoms with Crippen LogP contribution in [0.5, 0.6) is 0 Å². The quantitative estimate of drug-likeness (QED) is 0.942. The number of aliphatic hydroxyl groups is 1. The Morgan fingerprint density at radius 1 is 1.26 bits per heavy atom. The molecular weight excluding hydrogens is 307 g/mol. The predicted octanol–water partition coefficient (Wildman–Crippen LogP) is 2.78. The van der Waals surface area contributed by atoms with Gasteiger partial charge in [-0.05, 0) is 50.4 Å². The number of piperidine rings is 1. The van der Waals surface area contributed by atoms with E-state index >= 15 is 0 Å². The Balaban J connectivity index is 1.59. The van der Waals surface area contributed by atoms with E-state index in [0.717, 1.165) is 16.9 Å². The number of hydrogen-bond donors (Lipinski definition) is 1. The minimum Gasteiger partial charge on any atom is -0.383 e. The zero-order valence-electron chi connectivity index (χ0n) is 12.9. The summed E-state index contributed by atoms with van der Waals surface area (Å²) in [5.41, 5.74) is 2.92. The maximum absolute atomic E-state index is 12.6. The van der Waals surface area contributed by atoms with Crippen LogP contribution in [0.3, 0.4) is 0 Å². The molecule has 3 rings (SSSR count). The van der Waals surface area contributed by atoms with Crippen LogP contribution in [-0.4, -0.2) is 44.8 Å². The van der Waals surface area contributed by atoms with E-state index in [-0.39, 0.29) is 0 Å². The first-order chi connectivity index (χ1) is 10.8. The molecule has 1 unspecified atom stereocenters. The minimum absolute atomic E-state index is 0.354. The Labute approximate surface area is 132 Å². The van der Waals surface area contributed by atoms with Crippen LogP contribution in [0.4, 0.5) is 13.2 Å². The number of hydrogen-bond acceptors (Lipinski definition) is 3. The van der Waals surface area contributed by atoms with Crippen molar-refractivity contribution >= 4 is 5.65 Å². The van der Waals surface area contributed by atoms with Crippen LogP contribution in [0.25, 0.3) is 5.65 Å². The van der Waals surface area contributed by atoms with Crippen molar-refractivity contribution < 1.29 is 18.3 Å². The molecule has 126 valence electrons. The van der Waals surface area contributed by atoms with Gasteiger partial charge in [0.25, 0.3) is 0 Å². The van der Waals surface area contributed by atoms with Crippen LogP contribution in [0, 0.1) is 12.8 Å². The molecular formula is C16H20F3N3O. The third-order valence-corrected chi connectivity index (χ3v) is 4.45. The van der Waals surface area contributed by atoms with Gasteiger partial charge in [-0.3, -0.25) is 4.90 Å². The molecule has 0 radical (unpaired) electrons. The highest BCUT2D eigenvalue weighted by atomic mass is 19.4. The fraction of sp³-hybridized carbons (Fsp3) is 0.562. The molecule has 0 spiro atoms. The lowest BCUT2D eigenvalue weighted by Crippen LogP contribution is -2.43. The zero-order valence-corrected chi connectivity index (χ0v) is 12.9. The van der Waals surface area contributed by atoms with Crippen molar-refractivity contribution in [2.24, 2.45) is 5.92 Å². The number of alkyl halides is 3. The van der Waals surface area contributed by atoms with Crippen LogP contribution >= 0.6 is 0 Å². The molecule has 1 aliphatic heterocycles. The predicted molar refractivity (Wildman–Crippen MR) is 80.0 cm³/mol. The molecule has 0 bridgehead atoms. The van der Waals surface area contributed by atoms with Crippen molar-refractivity contribution in [2.75, 3.05) is 13.1 Å². The largest absolute Gasteiger partial charge is 0.414 e. The lowest BCUT2D eigenvalue weighted by Gasteiger charge is -2.34. The molecule has 1 fully saturated rings. The second-order valence-electron chi connectivity index (χ2n) is 6.30. The lowest BCUT2D eigenvalue weighted by molar-refractivity contribution is -0.223. The standard InChI is InChI=1S/C16H20F3N3O/c1-11-2-3-14-20-13(10-22(14)8-11)9-21-6-4-12(5-7-21)15(23)16(17,18)19/h2-3,8,10,12,15,23H,4-7,9H2,1H3. The summed E-state index contributed by atoms with van der Waals surface area (Å²) >= 11 is 0. The van der Waals surface area contributed by atoms with E-state index in [1.165, 1.54) is 0 Å². The van der Waals surface area contributed by atoms with Crippen LogP contribution < -0.4 is 0 Å². The number of aromatic nitrogens is 2. The van der Waals surface area contributed by atoms with E-state index in [0.29, 0.717) is 32.5 Å². The van der Waals surface area contributed by atoms with Crippen molar-refractivity contribution in [3.05, 3.63) is 35.8 Å². The van der Waals surface area contributed by atoms with Crippen LogP contribution in [0.2, 0.25) is 0 Å². The number of nitrogens with zero attached hydrogens (tertiary/aromatic N) is 3. The molecule has 4 nitrogen and oxygen atoms in total. The smallest absolute Gasteiger partial charge is 0.383 e. The van der Waals surface area contributed by atoms with Gasteiger partial charge >= 0.3 is 6.18 Å². The second kappa shape index (κ2) is 6.13. The Morgan fingerprint density at radius 3 is 2.61 bits per heavy atom. The van der Waals surface area contributed by atoms with Gasteiger partial charge in [-0.25, -0.2) is 4.98 Å². The SMILES string of the molecule is Cc1ccc2nc(CN3CCC(C(O)C(F)(F)F)CC3)cn2c1. The summed E-state index contributed by atoms with van der Waals surface area (Å²) in [5.74, 6) is -0.699. The van der Waals surface area contributed by atoms with Crippen molar-refractivity contribution in [3.8, 4) is 0 Å².